The first-order valence-electron chi connectivity index (χ1n) is 13.2. The van der Waals surface area contributed by atoms with Crippen molar-refractivity contribution < 1.29 is 5.11 Å². The molecule has 0 bridgehead atoms. The van der Waals surface area contributed by atoms with Crippen LogP contribution in [0.2, 0.25) is 0 Å². The van der Waals surface area contributed by atoms with Gasteiger partial charge < -0.3 is 5.11 Å². The standard InChI is InChI=1S/C29H48O/c1-25(2)14-11-20-19(18-25)10-16-28(6)21(20)8-9-23-27(5)15-13-24(30)26(3,4)22(27)12-17-29(23,28)7/h10,20-24,30H,8-9,11-18H2,1-7H3. The molecule has 1 heteroatoms. The van der Waals surface area contributed by atoms with Crippen molar-refractivity contribution in [3.05, 3.63) is 11.6 Å². The lowest BCUT2D eigenvalue weighted by Gasteiger charge is -2.71. The Morgan fingerprint density at radius 3 is 2.23 bits per heavy atom. The second-order valence-corrected chi connectivity index (χ2v) is 14.5. The van der Waals surface area contributed by atoms with Crippen molar-refractivity contribution in [3.63, 3.8) is 0 Å². The van der Waals surface area contributed by atoms with Crippen molar-refractivity contribution in [1.29, 1.82) is 0 Å². The van der Waals surface area contributed by atoms with Gasteiger partial charge >= 0.3 is 0 Å². The van der Waals surface area contributed by atoms with Crippen LogP contribution >= 0.6 is 0 Å². The molecule has 170 valence electrons. The predicted octanol–water partition coefficient (Wildman–Crippen LogP) is 7.78. The van der Waals surface area contributed by atoms with E-state index in [-0.39, 0.29) is 11.5 Å². The first kappa shape index (κ1) is 21.5. The monoisotopic (exact) mass is 412 g/mol. The smallest absolute Gasteiger partial charge is 0.0594 e. The predicted molar refractivity (Wildman–Crippen MR) is 126 cm³/mol. The maximum atomic E-state index is 10.9. The highest BCUT2D eigenvalue weighted by Gasteiger charge is 2.67. The summed E-state index contributed by atoms with van der Waals surface area (Å²) in [6.07, 6.45) is 16.0. The lowest BCUT2D eigenvalue weighted by atomic mass is 9.33. The third-order valence-electron chi connectivity index (χ3n) is 12.5. The normalized spacial score (nSPS) is 54.1. The first-order chi connectivity index (χ1) is 13.9. The highest BCUT2D eigenvalue weighted by molar-refractivity contribution is 5.25. The summed E-state index contributed by atoms with van der Waals surface area (Å²) in [5.74, 6) is 3.27. The van der Waals surface area contributed by atoms with Gasteiger partial charge in [-0.25, -0.2) is 0 Å². The van der Waals surface area contributed by atoms with E-state index in [1.165, 1.54) is 57.8 Å². The van der Waals surface area contributed by atoms with Crippen LogP contribution < -0.4 is 0 Å². The highest BCUT2D eigenvalue weighted by atomic mass is 16.3. The Morgan fingerprint density at radius 1 is 0.767 bits per heavy atom. The van der Waals surface area contributed by atoms with Gasteiger partial charge in [0, 0.05) is 0 Å². The molecule has 0 spiro atoms. The summed E-state index contributed by atoms with van der Waals surface area (Å²) in [6.45, 7) is 17.8. The zero-order valence-electron chi connectivity index (χ0n) is 21.0. The summed E-state index contributed by atoms with van der Waals surface area (Å²) in [6, 6.07) is 0. The molecule has 0 radical (unpaired) electrons. The molecule has 1 nitrogen and oxygen atoms in total. The first-order valence-corrected chi connectivity index (χ1v) is 13.2. The van der Waals surface area contributed by atoms with Crippen LogP contribution in [0.4, 0.5) is 0 Å². The Labute approximate surface area is 186 Å². The van der Waals surface area contributed by atoms with Gasteiger partial charge in [-0.15, -0.1) is 0 Å². The summed E-state index contributed by atoms with van der Waals surface area (Å²) >= 11 is 0. The van der Waals surface area contributed by atoms with Crippen LogP contribution in [0, 0.1) is 50.7 Å². The highest BCUT2D eigenvalue weighted by Crippen LogP contribution is 2.74. The van der Waals surface area contributed by atoms with Crippen LogP contribution in [0.1, 0.15) is 113 Å². The van der Waals surface area contributed by atoms with Crippen LogP contribution in [0.25, 0.3) is 0 Å². The van der Waals surface area contributed by atoms with Gasteiger partial charge in [0.15, 0.2) is 0 Å². The molecule has 8 unspecified atom stereocenters. The molecule has 0 aromatic rings. The number of rotatable bonds is 0. The summed E-state index contributed by atoms with van der Waals surface area (Å²) in [4.78, 5) is 0. The Hall–Kier alpha value is -0.300. The van der Waals surface area contributed by atoms with Crippen molar-refractivity contribution in [2.24, 2.45) is 50.7 Å². The Balaban J connectivity index is 1.52. The van der Waals surface area contributed by atoms with Gasteiger partial charge in [-0.1, -0.05) is 60.1 Å². The summed E-state index contributed by atoms with van der Waals surface area (Å²) in [7, 11) is 0. The maximum absolute atomic E-state index is 10.9. The van der Waals surface area contributed by atoms with Gasteiger partial charge in [0.05, 0.1) is 6.10 Å². The second kappa shape index (κ2) is 6.39. The zero-order chi connectivity index (χ0) is 21.7. The zero-order valence-corrected chi connectivity index (χ0v) is 21.0. The van der Waals surface area contributed by atoms with E-state index in [2.05, 4.69) is 54.5 Å². The van der Waals surface area contributed by atoms with E-state index in [4.69, 9.17) is 0 Å². The van der Waals surface area contributed by atoms with E-state index in [1.54, 1.807) is 0 Å². The van der Waals surface area contributed by atoms with Gasteiger partial charge in [-0.05, 0) is 115 Å². The molecule has 5 rings (SSSR count). The number of allylic oxidation sites excluding steroid dienone is 2. The molecule has 0 heterocycles. The van der Waals surface area contributed by atoms with Crippen molar-refractivity contribution in [2.45, 2.75) is 119 Å². The van der Waals surface area contributed by atoms with Crippen LogP contribution in [-0.4, -0.2) is 11.2 Å². The maximum Gasteiger partial charge on any atom is 0.0594 e. The molecular weight excluding hydrogens is 364 g/mol. The number of aliphatic hydroxyl groups excluding tert-OH is 1. The van der Waals surface area contributed by atoms with Gasteiger partial charge in [0.25, 0.3) is 0 Å². The van der Waals surface area contributed by atoms with Gasteiger partial charge in [-0.3, -0.25) is 0 Å². The van der Waals surface area contributed by atoms with Crippen molar-refractivity contribution in [2.75, 3.05) is 0 Å². The third-order valence-corrected chi connectivity index (χ3v) is 12.5. The number of hydrogen-bond donors (Lipinski definition) is 1. The third kappa shape index (κ3) is 2.63. The Morgan fingerprint density at radius 2 is 1.50 bits per heavy atom. The van der Waals surface area contributed by atoms with Crippen molar-refractivity contribution in [1.82, 2.24) is 0 Å². The molecule has 30 heavy (non-hydrogen) atoms. The molecule has 4 fully saturated rings. The molecule has 0 aliphatic heterocycles. The lowest BCUT2D eigenvalue weighted by molar-refractivity contribution is -0.230. The summed E-state index contributed by atoms with van der Waals surface area (Å²) in [5.41, 5.74) is 3.73. The van der Waals surface area contributed by atoms with E-state index in [0.29, 0.717) is 27.6 Å². The minimum Gasteiger partial charge on any atom is -0.393 e. The van der Waals surface area contributed by atoms with E-state index in [9.17, 15) is 5.11 Å². The number of hydrogen-bond acceptors (Lipinski definition) is 1. The SMILES string of the molecule is CC1(C)CCC2C(=CCC3(C)C2CCC2C4(C)CCC(O)C(C)(C)C4CCC23C)C1. The van der Waals surface area contributed by atoms with Gasteiger partial charge in [0.1, 0.15) is 0 Å². The summed E-state index contributed by atoms with van der Waals surface area (Å²) < 4.78 is 0. The quantitative estimate of drug-likeness (QED) is 0.403. The minimum absolute atomic E-state index is 0.0701. The van der Waals surface area contributed by atoms with Crippen molar-refractivity contribution >= 4 is 0 Å². The number of fused-ring (bicyclic) bond motifs is 7. The molecule has 0 aromatic heterocycles. The van der Waals surface area contributed by atoms with Crippen LogP contribution in [0.15, 0.2) is 11.6 Å². The molecule has 0 amide bonds. The molecule has 5 aliphatic carbocycles. The summed E-state index contributed by atoms with van der Waals surface area (Å²) in [5, 5.41) is 10.9. The van der Waals surface area contributed by atoms with Crippen molar-refractivity contribution in [3.8, 4) is 0 Å². The Bertz CT molecular complexity index is 745. The lowest BCUT2D eigenvalue weighted by Crippen LogP contribution is -2.65. The van der Waals surface area contributed by atoms with E-state index >= 15 is 0 Å². The second-order valence-electron chi connectivity index (χ2n) is 14.5. The fourth-order valence-corrected chi connectivity index (χ4v) is 10.5. The fourth-order valence-electron chi connectivity index (χ4n) is 10.5. The van der Waals surface area contributed by atoms with Crippen LogP contribution in [-0.2, 0) is 0 Å². The van der Waals surface area contributed by atoms with Gasteiger partial charge in [-0.2, -0.15) is 0 Å². The average Bonchev–Trinajstić information content (AvgIpc) is 2.65. The molecule has 5 aliphatic rings. The molecular formula is C29H48O. The fraction of sp³-hybridized carbons (Fsp3) is 0.931. The van der Waals surface area contributed by atoms with E-state index < -0.39 is 0 Å². The van der Waals surface area contributed by atoms with E-state index in [0.717, 1.165) is 24.2 Å². The van der Waals surface area contributed by atoms with E-state index in [1.807, 2.05) is 5.57 Å². The van der Waals surface area contributed by atoms with Crippen LogP contribution in [0.3, 0.4) is 0 Å². The average molecular weight is 413 g/mol. The minimum atomic E-state index is -0.113. The molecule has 1 N–H and O–H groups in total. The molecule has 0 saturated heterocycles. The molecule has 8 atom stereocenters. The van der Waals surface area contributed by atoms with Crippen LogP contribution in [0.5, 0.6) is 0 Å². The van der Waals surface area contributed by atoms with Gasteiger partial charge in [0.2, 0.25) is 0 Å². The largest absolute Gasteiger partial charge is 0.393 e. The molecule has 0 aromatic carbocycles. The number of aliphatic hydroxyl groups is 1. The molecule has 4 saturated carbocycles. The topological polar surface area (TPSA) is 20.2 Å². The Kier molecular flexibility index (Phi) is 4.59.